The zero-order valence-corrected chi connectivity index (χ0v) is 14.1. The van der Waals surface area contributed by atoms with Crippen molar-refractivity contribution in [3.05, 3.63) is 34.4 Å². The molecule has 4 N–H and O–H groups in total. The number of aryl methyl sites for hydroxylation is 1. The van der Waals surface area contributed by atoms with Gasteiger partial charge in [0.2, 0.25) is 5.91 Å². The maximum atomic E-state index is 11.2. The van der Waals surface area contributed by atoms with E-state index < -0.39 is 18.1 Å². The first-order chi connectivity index (χ1) is 9.97. The molecular weight excluding hydrogens is 278 g/mol. The highest BCUT2D eigenvalue weighted by atomic mass is 16.3. The van der Waals surface area contributed by atoms with Gasteiger partial charge in [-0.15, -0.1) is 0 Å². The van der Waals surface area contributed by atoms with E-state index in [4.69, 9.17) is 5.73 Å². The van der Waals surface area contributed by atoms with Gasteiger partial charge < -0.3 is 15.9 Å². The molecule has 1 aliphatic rings. The van der Waals surface area contributed by atoms with Gasteiger partial charge in [0, 0.05) is 0 Å². The highest BCUT2D eigenvalue weighted by Gasteiger charge is 2.38. The van der Waals surface area contributed by atoms with Gasteiger partial charge in [0.1, 0.15) is 6.10 Å². The lowest BCUT2D eigenvalue weighted by Crippen LogP contribution is -2.36. The van der Waals surface area contributed by atoms with Crippen LogP contribution in [0.2, 0.25) is 0 Å². The Morgan fingerprint density at radius 3 is 2.00 bits per heavy atom. The van der Waals surface area contributed by atoms with Crippen molar-refractivity contribution < 1.29 is 15.0 Å². The van der Waals surface area contributed by atoms with Crippen molar-refractivity contribution in [3.8, 4) is 0 Å². The standard InChI is InChI=1S/C18H27NO3/c1-10-8-12-13(18(4,5)7-6-17(12,2)3)9-11(10)14(20)15(21)16(19)22/h8-9,14-15,20-21H,6-7H2,1-5H3,(H2,19,22). The fourth-order valence-electron chi connectivity index (χ4n) is 3.38. The minimum atomic E-state index is -1.59. The molecular formula is C18H27NO3. The molecule has 4 heteroatoms. The Labute approximate surface area is 132 Å². The third-order valence-electron chi connectivity index (χ3n) is 5.15. The summed E-state index contributed by atoms with van der Waals surface area (Å²) in [4.78, 5) is 11.2. The summed E-state index contributed by atoms with van der Waals surface area (Å²) in [6.07, 6.45) is -0.706. The summed E-state index contributed by atoms with van der Waals surface area (Å²) in [6, 6.07) is 4.03. The Hall–Kier alpha value is -1.39. The third kappa shape index (κ3) is 2.77. The highest BCUT2D eigenvalue weighted by molar-refractivity contribution is 5.79. The van der Waals surface area contributed by atoms with Gasteiger partial charge >= 0.3 is 0 Å². The summed E-state index contributed by atoms with van der Waals surface area (Å²) < 4.78 is 0. The van der Waals surface area contributed by atoms with Crippen LogP contribution < -0.4 is 5.73 Å². The third-order valence-corrected chi connectivity index (χ3v) is 5.15. The van der Waals surface area contributed by atoms with Crippen molar-refractivity contribution in [3.63, 3.8) is 0 Å². The normalized spacial score (nSPS) is 21.8. The van der Waals surface area contributed by atoms with E-state index in [-0.39, 0.29) is 10.8 Å². The second-order valence-corrected chi connectivity index (χ2v) is 7.81. The van der Waals surface area contributed by atoms with Gasteiger partial charge in [-0.3, -0.25) is 4.79 Å². The van der Waals surface area contributed by atoms with E-state index in [1.54, 1.807) is 0 Å². The average Bonchev–Trinajstić information content (AvgIpc) is 2.42. The lowest BCUT2D eigenvalue weighted by molar-refractivity contribution is -0.132. The number of primary amides is 1. The van der Waals surface area contributed by atoms with Crippen LogP contribution in [0, 0.1) is 6.92 Å². The molecule has 0 saturated heterocycles. The SMILES string of the molecule is Cc1cc2c(cc1C(O)C(O)C(N)=O)C(C)(C)CCC2(C)C. The van der Waals surface area contributed by atoms with Crippen molar-refractivity contribution in [1.82, 2.24) is 0 Å². The summed E-state index contributed by atoms with van der Waals surface area (Å²) >= 11 is 0. The molecule has 0 radical (unpaired) electrons. The molecule has 2 atom stereocenters. The van der Waals surface area contributed by atoms with Crippen LogP contribution in [0.4, 0.5) is 0 Å². The molecule has 1 aliphatic carbocycles. The number of benzene rings is 1. The molecule has 0 aliphatic heterocycles. The summed E-state index contributed by atoms with van der Waals surface area (Å²) in [5.74, 6) is -0.913. The fourth-order valence-corrected chi connectivity index (χ4v) is 3.38. The van der Waals surface area contributed by atoms with Gasteiger partial charge in [-0.2, -0.15) is 0 Å². The molecule has 4 nitrogen and oxygen atoms in total. The molecule has 0 fully saturated rings. The first-order valence-corrected chi connectivity index (χ1v) is 7.78. The largest absolute Gasteiger partial charge is 0.385 e. The number of amides is 1. The van der Waals surface area contributed by atoms with Crippen LogP contribution in [-0.4, -0.2) is 22.2 Å². The molecule has 0 saturated carbocycles. The van der Waals surface area contributed by atoms with Gasteiger partial charge in [0.05, 0.1) is 0 Å². The first kappa shape index (κ1) is 17.0. The van der Waals surface area contributed by atoms with E-state index in [2.05, 4.69) is 33.8 Å². The molecule has 1 aromatic carbocycles. The lowest BCUT2D eigenvalue weighted by Gasteiger charge is -2.42. The number of rotatable bonds is 3. The lowest BCUT2D eigenvalue weighted by atomic mass is 9.62. The Morgan fingerprint density at radius 1 is 1.09 bits per heavy atom. The van der Waals surface area contributed by atoms with Crippen molar-refractivity contribution in [2.45, 2.75) is 70.5 Å². The van der Waals surface area contributed by atoms with Gasteiger partial charge in [0.25, 0.3) is 0 Å². The Morgan fingerprint density at radius 2 is 1.55 bits per heavy atom. The molecule has 0 aromatic heterocycles. The molecule has 0 spiro atoms. The number of carbonyl (C=O) groups is 1. The van der Waals surface area contributed by atoms with E-state index in [1.807, 2.05) is 13.0 Å². The van der Waals surface area contributed by atoms with Gasteiger partial charge in [-0.1, -0.05) is 39.8 Å². The number of aliphatic hydroxyl groups excluding tert-OH is 2. The zero-order valence-electron chi connectivity index (χ0n) is 14.1. The number of aliphatic hydroxyl groups is 2. The van der Waals surface area contributed by atoms with Gasteiger partial charge in [-0.25, -0.2) is 0 Å². The van der Waals surface area contributed by atoms with Crippen LogP contribution in [0.5, 0.6) is 0 Å². The summed E-state index contributed by atoms with van der Waals surface area (Å²) in [7, 11) is 0. The molecule has 1 aromatic rings. The molecule has 122 valence electrons. The Kier molecular flexibility index (Phi) is 4.13. The van der Waals surface area contributed by atoms with Gasteiger partial charge in [0.15, 0.2) is 6.10 Å². The second kappa shape index (κ2) is 5.36. The van der Waals surface area contributed by atoms with Crippen molar-refractivity contribution in [2.24, 2.45) is 5.73 Å². The van der Waals surface area contributed by atoms with Crippen molar-refractivity contribution in [2.75, 3.05) is 0 Å². The van der Waals surface area contributed by atoms with Crippen LogP contribution in [-0.2, 0) is 15.6 Å². The second-order valence-electron chi connectivity index (χ2n) is 7.81. The monoisotopic (exact) mass is 305 g/mol. The topological polar surface area (TPSA) is 83.6 Å². The maximum Gasteiger partial charge on any atom is 0.249 e. The Bertz CT molecular complexity index is 605. The number of hydrogen-bond donors (Lipinski definition) is 3. The number of nitrogens with two attached hydrogens (primary N) is 1. The average molecular weight is 305 g/mol. The predicted octanol–water partition coefficient (Wildman–Crippen LogP) is 2.22. The van der Waals surface area contributed by atoms with Gasteiger partial charge in [-0.05, 0) is 52.8 Å². The summed E-state index contributed by atoms with van der Waals surface area (Å²) in [5.41, 5.74) is 9.11. The van der Waals surface area contributed by atoms with Crippen LogP contribution >= 0.6 is 0 Å². The van der Waals surface area contributed by atoms with E-state index >= 15 is 0 Å². The predicted molar refractivity (Wildman–Crippen MR) is 86.6 cm³/mol. The van der Waals surface area contributed by atoms with Crippen molar-refractivity contribution in [1.29, 1.82) is 0 Å². The first-order valence-electron chi connectivity index (χ1n) is 7.78. The van der Waals surface area contributed by atoms with E-state index in [9.17, 15) is 15.0 Å². The summed E-state index contributed by atoms with van der Waals surface area (Å²) in [5, 5.41) is 20.1. The van der Waals surface area contributed by atoms with E-state index in [1.165, 1.54) is 11.1 Å². The highest BCUT2D eigenvalue weighted by Crippen LogP contribution is 2.47. The maximum absolute atomic E-state index is 11.2. The van der Waals surface area contributed by atoms with E-state index in [0.717, 1.165) is 18.4 Å². The van der Waals surface area contributed by atoms with Crippen LogP contribution in [0.25, 0.3) is 0 Å². The molecule has 0 heterocycles. The Balaban J connectivity index is 2.60. The molecule has 0 bridgehead atoms. The molecule has 1 amide bonds. The van der Waals surface area contributed by atoms with Crippen LogP contribution in [0.3, 0.4) is 0 Å². The fraction of sp³-hybridized carbons (Fsp3) is 0.611. The van der Waals surface area contributed by atoms with Crippen LogP contribution in [0.15, 0.2) is 12.1 Å². The van der Waals surface area contributed by atoms with Crippen molar-refractivity contribution >= 4 is 5.91 Å². The minimum absolute atomic E-state index is 0.00466. The smallest absolute Gasteiger partial charge is 0.249 e. The van der Waals surface area contributed by atoms with Crippen LogP contribution in [0.1, 0.15) is 68.9 Å². The number of fused-ring (bicyclic) bond motifs is 1. The summed E-state index contributed by atoms with van der Waals surface area (Å²) in [6.45, 7) is 10.7. The quantitative estimate of drug-likeness (QED) is 0.800. The molecule has 2 rings (SSSR count). The molecule has 2 unspecified atom stereocenters. The number of carbonyl (C=O) groups excluding carboxylic acids is 1. The number of hydrogen-bond acceptors (Lipinski definition) is 3. The zero-order chi connectivity index (χ0) is 16.9. The van der Waals surface area contributed by atoms with E-state index in [0.29, 0.717) is 5.56 Å². The molecule has 22 heavy (non-hydrogen) atoms. The minimum Gasteiger partial charge on any atom is -0.385 e.